The minimum absolute atomic E-state index is 0.133. The zero-order chi connectivity index (χ0) is 34.9. The molecule has 0 spiro atoms. The number of fused-ring (bicyclic) bond motifs is 10. The molecule has 258 valence electrons. The molecule has 0 aliphatic carbocycles. The van der Waals surface area contributed by atoms with Gasteiger partial charge in [0.05, 0.1) is 6.04 Å². The van der Waals surface area contributed by atoms with E-state index in [1.807, 2.05) is 106 Å². The van der Waals surface area contributed by atoms with Gasteiger partial charge in [0.2, 0.25) is 23.6 Å². The molecule has 49 heavy (non-hydrogen) atoms. The second kappa shape index (κ2) is 16.4. The fourth-order valence-corrected chi connectivity index (χ4v) is 6.41. The van der Waals surface area contributed by atoms with E-state index < -0.39 is 48.0 Å². The highest BCUT2D eigenvalue weighted by Crippen LogP contribution is 2.24. The second-order valence-corrected chi connectivity index (χ2v) is 13.3. The zero-order valence-electron chi connectivity index (χ0n) is 28.7. The smallest absolute Gasteiger partial charge is 0.247 e. The first-order valence-corrected chi connectivity index (χ1v) is 17.0. The van der Waals surface area contributed by atoms with Gasteiger partial charge >= 0.3 is 0 Å². The van der Waals surface area contributed by atoms with Crippen LogP contribution in [0.25, 0.3) is 6.08 Å². The molecule has 3 N–H and O–H groups in total. The molecule has 5 atom stereocenters. The number of benzene rings is 3. The Morgan fingerprint density at radius 1 is 0.918 bits per heavy atom. The van der Waals surface area contributed by atoms with E-state index in [0.717, 1.165) is 16.7 Å². The van der Waals surface area contributed by atoms with Crippen LogP contribution in [0.4, 0.5) is 0 Å². The average Bonchev–Trinajstić information content (AvgIpc) is 3.59. The van der Waals surface area contributed by atoms with Crippen molar-refractivity contribution >= 4 is 29.7 Å². The third kappa shape index (κ3) is 9.14. The van der Waals surface area contributed by atoms with Crippen molar-refractivity contribution in [3.63, 3.8) is 0 Å². The minimum Gasteiger partial charge on any atom is -0.487 e. The zero-order valence-corrected chi connectivity index (χ0v) is 28.7. The molecule has 0 radical (unpaired) electrons. The van der Waals surface area contributed by atoms with Crippen molar-refractivity contribution in [2.75, 3.05) is 20.6 Å². The van der Waals surface area contributed by atoms with E-state index in [9.17, 15) is 19.2 Å². The fraction of sp³-hybridized carbons (Fsp3) is 0.385. The summed E-state index contributed by atoms with van der Waals surface area (Å²) in [5, 5.41) is 8.71. The van der Waals surface area contributed by atoms with Crippen LogP contribution in [-0.2, 0) is 32.0 Å². The Labute approximate surface area is 288 Å². The lowest BCUT2D eigenvalue weighted by atomic mass is 9.96. The lowest BCUT2D eigenvalue weighted by Gasteiger charge is -2.35. The number of hydrogen-bond donors (Lipinski definition) is 3. The molecule has 4 amide bonds. The summed E-state index contributed by atoms with van der Waals surface area (Å²) in [6.07, 6.45) is 4.41. The van der Waals surface area contributed by atoms with Gasteiger partial charge in [-0.05, 0) is 74.2 Å². The summed E-state index contributed by atoms with van der Waals surface area (Å²) in [5.74, 6) is -1.18. The van der Waals surface area contributed by atoms with Crippen molar-refractivity contribution in [2.45, 2.75) is 69.8 Å². The normalized spacial score (nSPS) is 22.5. The van der Waals surface area contributed by atoms with Crippen molar-refractivity contribution in [3.8, 4) is 5.75 Å². The van der Waals surface area contributed by atoms with Gasteiger partial charge in [-0.25, -0.2) is 0 Å². The molecular weight excluding hydrogens is 618 g/mol. The number of likely N-dealkylation sites (tertiary alicyclic amines) is 1. The van der Waals surface area contributed by atoms with E-state index in [1.54, 1.807) is 29.3 Å². The van der Waals surface area contributed by atoms with Gasteiger partial charge < -0.3 is 25.6 Å². The first-order valence-electron chi connectivity index (χ1n) is 17.0. The topological polar surface area (TPSA) is 120 Å². The highest BCUT2D eigenvalue weighted by molar-refractivity contribution is 5.95. The van der Waals surface area contributed by atoms with Crippen LogP contribution in [0.1, 0.15) is 43.4 Å². The van der Waals surface area contributed by atoms with Crippen LogP contribution in [0.15, 0.2) is 91.1 Å². The SMILES string of the molecule is CC(C)[C@H]1Oc2ccc(cc2)/C=C\NC(=O)[C@H](Cc2ccccc2)NC(=O)[C@H]1NC(=O)[C@@H]1CCCN1C(=O)[C@H](Cc1ccccc1)N(C)C. The maximum atomic E-state index is 14.3. The molecule has 0 saturated carbocycles. The number of carbonyl (C=O) groups excluding carboxylic acids is 4. The van der Waals surface area contributed by atoms with Crippen LogP contribution in [0.3, 0.4) is 0 Å². The Kier molecular flexibility index (Phi) is 11.9. The van der Waals surface area contributed by atoms with Crippen LogP contribution in [0.5, 0.6) is 5.75 Å². The van der Waals surface area contributed by atoms with Gasteiger partial charge in [-0.3, -0.25) is 24.1 Å². The fourth-order valence-electron chi connectivity index (χ4n) is 6.41. The third-order valence-corrected chi connectivity index (χ3v) is 9.15. The maximum Gasteiger partial charge on any atom is 0.247 e. The predicted molar refractivity (Wildman–Crippen MR) is 189 cm³/mol. The number of carbonyl (C=O) groups is 4. The summed E-state index contributed by atoms with van der Waals surface area (Å²) in [4.78, 5) is 59.5. The molecule has 3 aromatic carbocycles. The minimum atomic E-state index is -1.16. The summed E-state index contributed by atoms with van der Waals surface area (Å²) in [5.41, 5.74) is 2.75. The number of ether oxygens (including phenoxy) is 1. The Hall–Kier alpha value is -4.96. The van der Waals surface area contributed by atoms with Crippen LogP contribution in [0.2, 0.25) is 0 Å². The van der Waals surface area contributed by atoms with E-state index in [0.29, 0.717) is 31.6 Å². The molecule has 3 aliphatic rings. The van der Waals surface area contributed by atoms with Crippen molar-refractivity contribution in [3.05, 3.63) is 108 Å². The second-order valence-electron chi connectivity index (χ2n) is 13.3. The molecule has 2 bridgehead atoms. The summed E-state index contributed by atoms with van der Waals surface area (Å²) in [6, 6.07) is 23.2. The molecular formula is C39H47N5O5. The van der Waals surface area contributed by atoms with Crippen molar-refractivity contribution in [2.24, 2.45) is 5.92 Å². The Bertz CT molecular complexity index is 1610. The molecule has 0 unspecified atom stereocenters. The molecule has 10 nitrogen and oxygen atoms in total. The van der Waals surface area contributed by atoms with E-state index in [2.05, 4.69) is 16.0 Å². The summed E-state index contributed by atoms with van der Waals surface area (Å²) >= 11 is 0. The molecule has 10 heteroatoms. The van der Waals surface area contributed by atoms with Crippen molar-refractivity contribution < 1.29 is 23.9 Å². The quantitative estimate of drug-likeness (QED) is 0.322. The van der Waals surface area contributed by atoms with Gasteiger partial charge in [0, 0.05) is 19.2 Å². The van der Waals surface area contributed by atoms with Crippen LogP contribution >= 0.6 is 0 Å². The van der Waals surface area contributed by atoms with Crippen LogP contribution < -0.4 is 20.7 Å². The van der Waals surface area contributed by atoms with E-state index >= 15 is 0 Å². The molecule has 3 aromatic rings. The van der Waals surface area contributed by atoms with Gasteiger partial charge in [0.15, 0.2) is 0 Å². The largest absolute Gasteiger partial charge is 0.487 e. The van der Waals surface area contributed by atoms with Crippen LogP contribution in [-0.4, -0.2) is 84.3 Å². The molecule has 3 heterocycles. The first-order chi connectivity index (χ1) is 23.6. The van der Waals surface area contributed by atoms with E-state index in [1.165, 1.54) is 0 Å². The number of amides is 4. The van der Waals surface area contributed by atoms with Gasteiger partial charge in [0.25, 0.3) is 0 Å². The van der Waals surface area contributed by atoms with Crippen molar-refractivity contribution in [1.82, 2.24) is 25.8 Å². The Balaban J connectivity index is 1.43. The number of hydrogen-bond acceptors (Lipinski definition) is 6. The molecule has 1 saturated heterocycles. The number of nitrogens with zero attached hydrogens (tertiary/aromatic N) is 2. The van der Waals surface area contributed by atoms with E-state index in [4.69, 9.17) is 4.74 Å². The van der Waals surface area contributed by atoms with Gasteiger partial charge in [-0.2, -0.15) is 0 Å². The standard InChI is InChI=1S/C39H47N5O5/c1-26(2)35-34(42-37(46)32-16-11-23-44(32)39(48)33(43(3)4)25-29-14-9-6-10-15-29)38(47)41-31(24-28-12-7-5-8-13-28)36(45)40-22-21-27-17-19-30(49-35)20-18-27/h5-10,12-15,17-22,26,31-35H,11,16,23-25H2,1-4H3,(H,40,45)(H,41,47)(H,42,46)/b22-21-/t31-,32-,33-,34-,35+/m0/s1. The average molecular weight is 666 g/mol. The highest BCUT2D eigenvalue weighted by Gasteiger charge is 2.42. The Morgan fingerprint density at radius 2 is 1.57 bits per heavy atom. The molecule has 3 aliphatic heterocycles. The third-order valence-electron chi connectivity index (χ3n) is 9.15. The predicted octanol–water partition coefficient (Wildman–Crippen LogP) is 3.57. The monoisotopic (exact) mass is 665 g/mol. The summed E-state index contributed by atoms with van der Waals surface area (Å²) in [6.45, 7) is 4.28. The van der Waals surface area contributed by atoms with Gasteiger partial charge in [0.1, 0.15) is 30.0 Å². The highest BCUT2D eigenvalue weighted by atomic mass is 16.5. The molecule has 0 aromatic heterocycles. The van der Waals surface area contributed by atoms with Crippen molar-refractivity contribution in [1.29, 1.82) is 0 Å². The van der Waals surface area contributed by atoms with E-state index in [-0.39, 0.29) is 18.2 Å². The van der Waals surface area contributed by atoms with Gasteiger partial charge in [-0.1, -0.05) is 86.6 Å². The molecule has 1 fully saturated rings. The van der Waals surface area contributed by atoms with Gasteiger partial charge in [-0.15, -0.1) is 0 Å². The number of rotatable bonds is 9. The Morgan fingerprint density at radius 3 is 2.20 bits per heavy atom. The lowest BCUT2D eigenvalue weighted by molar-refractivity contribution is -0.143. The van der Waals surface area contributed by atoms with Crippen LogP contribution in [0, 0.1) is 5.92 Å². The number of nitrogens with one attached hydrogen (secondary N) is 3. The number of likely N-dealkylation sites (N-methyl/N-ethyl adjacent to an activating group) is 1. The lowest BCUT2D eigenvalue weighted by Crippen LogP contribution is -2.62. The molecule has 6 rings (SSSR count). The first kappa shape index (κ1) is 35.3. The summed E-state index contributed by atoms with van der Waals surface area (Å²) in [7, 11) is 3.73. The summed E-state index contributed by atoms with van der Waals surface area (Å²) < 4.78 is 6.42. The maximum absolute atomic E-state index is 14.3.